The molecule has 1 N–H and O–H groups in total. The number of carbonyl (C=O) groups excluding carboxylic acids is 1. The van der Waals surface area contributed by atoms with E-state index >= 15 is 0 Å². The van der Waals surface area contributed by atoms with Crippen molar-refractivity contribution < 1.29 is 4.79 Å². The van der Waals surface area contributed by atoms with Crippen LogP contribution in [0.15, 0.2) is 10.1 Å². The van der Waals surface area contributed by atoms with Gasteiger partial charge >= 0.3 is 6.03 Å². The van der Waals surface area contributed by atoms with Gasteiger partial charge in [0.05, 0.1) is 0 Å². The standard InChI is InChI=1S/C6H12N4O/c1-4-7-5-8-9-6(11)10(2)3/h4H2,1-3H3,(H,9,11). The van der Waals surface area contributed by atoms with E-state index in [2.05, 4.69) is 21.5 Å². The van der Waals surface area contributed by atoms with Gasteiger partial charge in [0, 0.05) is 20.6 Å². The van der Waals surface area contributed by atoms with Crippen molar-refractivity contribution in [1.29, 1.82) is 0 Å². The minimum absolute atomic E-state index is 0.288. The third kappa shape index (κ3) is 5.11. The van der Waals surface area contributed by atoms with Crippen molar-refractivity contribution in [2.75, 3.05) is 20.6 Å². The zero-order valence-electron chi connectivity index (χ0n) is 6.96. The van der Waals surface area contributed by atoms with Gasteiger partial charge in [-0.25, -0.2) is 15.2 Å². The molecule has 0 aliphatic carbocycles. The third-order valence-corrected chi connectivity index (χ3v) is 0.837. The van der Waals surface area contributed by atoms with Crippen molar-refractivity contribution >= 4 is 12.0 Å². The minimum Gasteiger partial charge on any atom is -0.329 e. The van der Waals surface area contributed by atoms with Gasteiger partial charge in [-0.05, 0) is 6.92 Å². The average Bonchev–Trinajstić information content (AvgIpc) is 1.97. The lowest BCUT2D eigenvalue weighted by atomic mass is 10.8. The Morgan fingerprint density at radius 3 is 2.73 bits per heavy atom. The van der Waals surface area contributed by atoms with Crippen molar-refractivity contribution in [3.63, 3.8) is 0 Å². The maximum atomic E-state index is 10.7. The van der Waals surface area contributed by atoms with E-state index in [0.29, 0.717) is 6.54 Å². The molecule has 11 heavy (non-hydrogen) atoms. The van der Waals surface area contributed by atoms with E-state index in [-0.39, 0.29) is 6.03 Å². The number of urea groups is 1. The Labute approximate surface area is 65.8 Å². The Hall–Kier alpha value is -1.35. The van der Waals surface area contributed by atoms with Crippen LogP contribution in [-0.2, 0) is 0 Å². The Bertz CT molecular complexity index is 181. The van der Waals surface area contributed by atoms with Crippen LogP contribution in [0.3, 0.4) is 0 Å². The molecule has 0 saturated carbocycles. The Morgan fingerprint density at radius 1 is 1.64 bits per heavy atom. The van der Waals surface area contributed by atoms with E-state index in [9.17, 15) is 4.79 Å². The minimum atomic E-state index is -0.288. The summed E-state index contributed by atoms with van der Waals surface area (Å²) in [7, 11) is 3.25. The molecule has 2 amide bonds. The summed E-state index contributed by atoms with van der Waals surface area (Å²) in [5.74, 6) is 0. The molecule has 0 aromatic rings. The molecule has 0 fully saturated rings. The van der Waals surface area contributed by atoms with Crippen LogP contribution in [0, 0.1) is 0 Å². The lowest BCUT2D eigenvalue weighted by molar-refractivity contribution is 0.218. The molecule has 0 rings (SSSR count). The molecular weight excluding hydrogens is 144 g/mol. The number of hydrazone groups is 1. The first-order valence-corrected chi connectivity index (χ1v) is 3.27. The SMILES string of the molecule is CCN=C=NNC(=O)N(C)C. The van der Waals surface area contributed by atoms with Gasteiger partial charge in [0.15, 0.2) is 0 Å². The topological polar surface area (TPSA) is 57.1 Å². The number of nitrogens with one attached hydrogen (secondary N) is 1. The van der Waals surface area contributed by atoms with Crippen LogP contribution in [0.25, 0.3) is 0 Å². The molecule has 0 radical (unpaired) electrons. The molecule has 62 valence electrons. The molecule has 5 heteroatoms. The quantitative estimate of drug-likeness (QED) is 0.455. The average molecular weight is 156 g/mol. The van der Waals surface area contributed by atoms with Gasteiger partial charge in [-0.15, -0.1) is 5.10 Å². The number of hydrogen-bond donors (Lipinski definition) is 1. The highest BCUT2D eigenvalue weighted by Crippen LogP contribution is 1.74. The van der Waals surface area contributed by atoms with Crippen molar-refractivity contribution in [2.45, 2.75) is 6.92 Å². The second-order valence-electron chi connectivity index (χ2n) is 2.00. The van der Waals surface area contributed by atoms with Gasteiger partial charge in [0.2, 0.25) is 0 Å². The van der Waals surface area contributed by atoms with E-state index in [1.807, 2.05) is 6.92 Å². The Kier molecular flexibility index (Phi) is 4.77. The summed E-state index contributed by atoms with van der Waals surface area (Å²) >= 11 is 0. The van der Waals surface area contributed by atoms with E-state index in [1.165, 1.54) is 4.90 Å². The molecule has 5 nitrogen and oxygen atoms in total. The summed E-state index contributed by atoms with van der Waals surface area (Å²) in [6.07, 6.45) is 0. The van der Waals surface area contributed by atoms with Crippen LogP contribution in [0.1, 0.15) is 6.92 Å². The highest BCUT2D eigenvalue weighted by Gasteiger charge is 1.97. The monoisotopic (exact) mass is 156 g/mol. The van der Waals surface area contributed by atoms with Gasteiger partial charge in [-0.2, -0.15) is 0 Å². The third-order valence-electron chi connectivity index (χ3n) is 0.837. The first-order valence-electron chi connectivity index (χ1n) is 3.27. The summed E-state index contributed by atoms with van der Waals surface area (Å²) in [5.41, 5.74) is 2.22. The van der Waals surface area contributed by atoms with Gasteiger partial charge in [-0.1, -0.05) is 0 Å². The van der Waals surface area contributed by atoms with Crippen molar-refractivity contribution in [2.24, 2.45) is 10.1 Å². The maximum Gasteiger partial charge on any atom is 0.337 e. The maximum absolute atomic E-state index is 10.7. The number of carbonyl (C=O) groups is 1. The predicted octanol–water partition coefficient (Wildman–Crippen LogP) is 0.366. The summed E-state index contributed by atoms with van der Waals surface area (Å²) in [6, 6.07) is 2.02. The molecule has 0 aromatic carbocycles. The van der Waals surface area contributed by atoms with Crippen LogP contribution in [0.5, 0.6) is 0 Å². The Morgan fingerprint density at radius 2 is 2.27 bits per heavy atom. The fourth-order valence-electron chi connectivity index (χ4n) is 0.279. The predicted molar refractivity (Wildman–Crippen MR) is 42.6 cm³/mol. The molecular formula is C6H12N4O. The van der Waals surface area contributed by atoms with E-state index in [0.717, 1.165) is 0 Å². The zero-order chi connectivity index (χ0) is 8.69. The highest BCUT2D eigenvalue weighted by molar-refractivity contribution is 5.73. The highest BCUT2D eigenvalue weighted by atomic mass is 16.2. The lowest BCUT2D eigenvalue weighted by Crippen LogP contribution is -2.30. The number of hydrogen-bond acceptors (Lipinski definition) is 3. The van der Waals surface area contributed by atoms with Crippen LogP contribution in [0.2, 0.25) is 0 Å². The second kappa shape index (κ2) is 5.44. The fraction of sp³-hybridized carbons (Fsp3) is 0.667. The van der Waals surface area contributed by atoms with Gasteiger partial charge in [0.25, 0.3) is 0 Å². The first-order chi connectivity index (χ1) is 5.18. The van der Waals surface area contributed by atoms with Crippen LogP contribution >= 0.6 is 0 Å². The van der Waals surface area contributed by atoms with E-state index in [1.54, 1.807) is 14.1 Å². The molecule has 0 saturated heterocycles. The first kappa shape index (κ1) is 9.65. The van der Waals surface area contributed by atoms with E-state index < -0.39 is 0 Å². The number of rotatable bonds is 2. The number of aliphatic imine (C=N–C) groups is 1. The zero-order valence-corrected chi connectivity index (χ0v) is 6.96. The van der Waals surface area contributed by atoms with Crippen LogP contribution in [-0.4, -0.2) is 37.6 Å². The van der Waals surface area contributed by atoms with Crippen molar-refractivity contribution in [1.82, 2.24) is 10.3 Å². The second-order valence-corrected chi connectivity index (χ2v) is 2.00. The smallest absolute Gasteiger partial charge is 0.329 e. The Balaban J connectivity index is 3.70. The number of nitrogens with zero attached hydrogens (tertiary/aromatic N) is 3. The summed E-state index contributed by atoms with van der Waals surface area (Å²) < 4.78 is 0. The largest absolute Gasteiger partial charge is 0.337 e. The van der Waals surface area contributed by atoms with Crippen molar-refractivity contribution in [3.05, 3.63) is 0 Å². The molecule has 0 atom stereocenters. The molecule has 0 heterocycles. The van der Waals surface area contributed by atoms with Crippen molar-refractivity contribution in [3.8, 4) is 0 Å². The molecule has 0 aliphatic rings. The van der Waals surface area contributed by atoms with Gasteiger partial charge < -0.3 is 4.90 Å². The molecule has 0 spiro atoms. The van der Waals surface area contributed by atoms with Crippen LogP contribution < -0.4 is 5.43 Å². The van der Waals surface area contributed by atoms with E-state index in [4.69, 9.17) is 0 Å². The normalized spacial score (nSPS) is 7.91. The van der Waals surface area contributed by atoms with Gasteiger partial charge in [0.1, 0.15) is 6.01 Å². The lowest BCUT2D eigenvalue weighted by Gasteiger charge is -2.06. The fourth-order valence-corrected chi connectivity index (χ4v) is 0.279. The summed E-state index contributed by atoms with van der Waals surface area (Å²) in [6.45, 7) is 2.47. The number of amides is 2. The molecule has 0 unspecified atom stereocenters. The molecule has 0 bridgehead atoms. The summed E-state index contributed by atoms with van der Waals surface area (Å²) in [5, 5.41) is 3.42. The van der Waals surface area contributed by atoms with Crippen LogP contribution in [0.4, 0.5) is 4.79 Å². The van der Waals surface area contributed by atoms with Gasteiger partial charge in [-0.3, -0.25) is 0 Å². The molecule has 0 aliphatic heterocycles. The summed E-state index contributed by atoms with van der Waals surface area (Å²) in [4.78, 5) is 15.8. The molecule has 0 aromatic heterocycles.